The molecule has 126 valence electrons. The minimum absolute atomic E-state index is 0.0870. The van der Waals surface area contributed by atoms with Gasteiger partial charge in [-0.3, -0.25) is 9.59 Å². The van der Waals surface area contributed by atoms with E-state index in [2.05, 4.69) is 10.6 Å². The first-order valence-corrected chi connectivity index (χ1v) is 8.79. The summed E-state index contributed by atoms with van der Waals surface area (Å²) in [5.74, 6) is -0.239. The number of anilines is 2. The first-order valence-electron chi connectivity index (χ1n) is 7.91. The predicted molar refractivity (Wildman–Crippen MR) is 102 cm³/mol. The average molecular weight is 350 g/mol. The average Bonchev–Trinajstić information content (AvgIpc) is 3.13. The SMILES string of the molecule is Cc1ccc(NC(=O)c2cccs2)cc1NC(=O)Cc1ccccc1. The van der Waals surface area contributed by atoms with Crippen molar-refractivity contribution < 1.29 is 9.59 Å². The molecule has 0 unspecified atom stereocenters. The van der Waals surface area contributed by atoms with E-state index in [1.165, 1.54) is 11.3 Å². The van der Waals surface area contributed by atoms with Crippen molar-refractivity contribution in [1.82, 2.24) is 0 Å². The van der Waals surface area contributed by atoms with Crippen molar-refractivity contribution in [3.8, 4) is 0 Å². The molecule has 2 N–H and O–H groups in total. The van der Waals surface area contributed by atoms with Crippen molar-refractivity contribution in [3.63, 3.8) is 0 Å². The molecular formula is C20H18N2O2S. The van der Waals surface area contributed by atoms with Gasteiger partial charge in [0.2, 0.25) is 5.91 Å². The lowest BCUT2D eigenvalue weighted by atomic mass is 10.1. The van der Waals surface area contributed by atoms with Crippen LogP contribution in [0.2, 0.25) is 0 Å². The molecule has 3 rings (SSSR count). The van der Waals surface area contributed by atoms with Gasteiger partial charge in [-0.25, -0.2) is 0 Å². The van der Waals surface area contributed by atoms with Crippen LogP contribution >= 0.6 is 11.3 Å². The summed E-state index contributed by atoms with van der Waals surface area (Å²) in [6, 6.07) is 18.7. The third-order valence-electron chi connectivity index (χ3n) is 3.72. The molecule has 5 heteroatoms. The molecule has 0 atom stereocenters. The van der Waals surface area contributed by atoms with Crippen LogP contribution in [0.25, 0.3) is 0 Å². The fourth-order valence-corrected chi connectivity index (χ4v) is 3.03. The van der Waals surface area contributed by atoms with Crippen LogP contribution in [0.15, 0.2) is 66.0 Å². The molecule has 0 aliphatic carbocycles. The van der Waals surface area contributed by atoms with Gasteiger partial charge in [-0.1, -0.05) is 42.5 Å². The van der Waals surface area contributed by atoms with Gasteiger partial charge in [0.25, 0.3) is 5.91 Å². The third kappa shape index (κ3) is 4.55. The first-order chi connectivity index (χ1) is 12.1. The van der Waals surface area contributed by atoms with E-state index in [-0.39, 0.29) is 11.8 Å². The molecule has 4 nitrogen and oxygen atoms in total. The molecule has 1 heterocycles. The van der Waals surface area contributed by atoms with E-state index in [1.807, 2.05) is 60.8 Å². The number of thiophene rings is 1. The van der Waals surface area contributed by atoms with E-state index >= 15 is 0 Å². The molecule has 2 amide bonds. The zero-order valence-corrected chi connectivity index (χ0v) is 14.6. The van der Waals surface area contributed by atoms with E-state index in [0.717, 1.165) is 11.1 Å². The molecule has 1 aromatic heterocycles. The van der Waals surface area contributed by atoms with Crippen LogP contribution in [0.5, 0.6) is 0 Å². The second-order valence-electron chi connectivity index (χ2n) is 5.67. The van der Waals surface area contributed by atoms with Crippen LogP contribution in [0.3, 0.4) is 0 Å². The highest BCUT2D eigenvalue weighted by Gasteiger charge is 2.10. The lowest BCUT2D eigenvalue weighted by Crippen LogP contribution is -2.16. The van der Waals surface area contributed by atoms with Gasteiger partial charge in [-0.15, -0.1) is 11.3 Å². The van der Waals surface area contributed by atoms with Crippen LogP contribution in [0.1, 0.15) is 20.8 Å². The Kier molecular flexibility index (Phi) is 5.26. The summed E-state index contributed by atoms with van der Waals surface area (Å²) in [5, 5.41) is 7.63. The predicted octanol–water partition coefficient (Wildman–Crippen LogP) is 4.49. The number of amides is 2. The number of nitrogens with one attached hydrogen (secondary N) is 2. The summed E-state index contributed by atoms with van der Waals surface area (Å²) in [4.78, 5) is 25.1. The van der Waals surface area contributed by atoms with Gasteiger partial charge in [-0.05, 0) is 41.6 Å². The molecule has 0 aliphatic rings. The molecule has 0 saturated heterocycles. The van der Waals surface area contributed by atoms with Crippen LogP contribution in [0, 0.1) is 6.92 Å². The van der Waals surface area contributed by atoms with Gasteiger partial charge in [0.1, 0.15) is 0 Å². The van der Waals surface area contributed by atoms with Crippen molar-refractivity contribution in [2.75, 3.05) is 10.6 Å². The zero-order chi connectivity index (χ0) is 17.6. The summed E-state index contributed by atoms with van der Waals surface area (Å²) >= 11 is 1.39. The normalized spacial score (nSPS) is 10.3. The Bertz CT molecular complexity index is 874. The summed E-state index contributed by atoms with van der Waals surface area (Å²) < 4.78 is 0. The highest BCUT2D eigenvalue weighted by Crippen LogP contribution is 2.22. The summed E-state index contributed by atoms with van der Waals surface area (Å²) in [6.45, 7) is 1.92. The maximum Gasteiger partial charge on any atom is 0.265 e. The molecule has 2 aromatic carbocycles. The van der Waals surface area contributed by atoms with Gasteiger partial charge >= 0.3 is 0 Å². The topological polar surface area (TPSA) is 58.2 Å². The minimum Gasteiger partial charge on any atom is -0.325 e. The summed E-state index contributed by atoms with van der Waals surface area (Å²) in [5.41, 5.74) is 3.25. The Morgan fingerprint density at radius 3 is 2.48 bits per heavy atom. The molecule has 0 radical (unpaired) electrons. The summed E-state index contributed by atoms with van der Waals surface area (Å²) in [7, 11) is 0. The maximum absolute atomic E-state index is 12.3. The van der Waals surface area contributed by atoms with Gasteiger partial charge in [0.05, 0.1) is 11.3 Å². The van der Waals surface area contributed by atoms with E-state index in [4.69, 9.17) is 0 Å². The lowest BCUT2D eigenvalue weighted by molar-refractivity contribution is -0.115. The van der Waals surface area contributed by atoms with Crippen molar-refractivity contribution in [1.29, 1.82) is 0 Å². The van der Waals surface area contributed by atoms with E-state index in [9.17, 15) is 9.59 Å². The number of benzene rings is 2. The molecule has 0 spiro atoms. The molecular weight excluding hydrogens is 332 g/mol. The number of rotatable bonds is 5. The maximum atomic E-state index is 12.3. The Morgan fingerprint density at radius 2 is 1.76 bits per heavy atom. The molecule has 0 bridgehead atoms. The number of hydrogen-bond donors (Lipinski definition) is 2. The van der Waals surface area contributed by atoms with Gasteiger partial charge in [0.15, 0.2) is 0 Å². The highest BCUT2D eigenvalue weighted by molar-refractivity contribution is 7.12. The van der Waals surface area contributed by atoms with E-state index in [0.29, 0.717) is 22.7 Å². The smallest absolute Gasteiger partial charge is 0.265 e. The molecule has 3 aromatic rings. The minimum atomic E-state index is -0.152. The standard InChI is InChI=1S/C20H18N2O2S/c1-14-9-10-16(21-20(24)18-8-5-11-25-18)13-17(14)22-19(23)12-15-6-3-2-4-7-15/h2-11,13H,12H2,1H3,(H,21,24)(H,22,23). The van der Waals surface area contributed by atoms with Gasteiger partial charge in [0, 0.05) is 11.4 Å². The molecule has 0 aliphatic heterocycles. The number of hydrogen-bond acceptors (Lipinski definition) is 3. The van der Waals surface area contributed by atoms with Gasteiger partial charge in [-0.2, -0.15) is 0 Å². The van der Waals surface area contributed by atoms with Crippen LogP contribution < -0.4 is 10.6 Å². The quantitative estimate of drug-likeness (QED) is 0.712. The lowest BCUT2D eigenvalue weighted by Gasteiger charge is -2.11. The third-order valence-corrected chi connectivity index (χ3v) is 4.59. The molecule has 0 saturated carbocycles. The Morgan fingerprint density at radius 1 is 0.960 bits per heavy atom. The largest absolute Gasteiger partial charge is 0.325 e. The molecule has 25 heavy (non-hydrogen) atoms. The van der Waals surface area contributed by atoms with Crippen LogP contribution in [-0.4, -0.2) is 11.8 Å². The highest BCUT2D eigenvalue weighted by atomic mass is 32.1. The monoisotopic (exact) mass is 350 g/mol. The zero-order valence-electron chi connectivity index (χ0n) is 13.8. The van der Waals surface area contributed by atoms with E-state index < -0.39 is 0 Å². The fourth-order valence-electron chi connectivity index (χ4n) is 2.41. The Balaban J connectivity index is 1.69. The van der Waals surface area contributed by atoms with Crippen molar-refractivity contribution >= 4 is 34.5 Å². The van der Waals surface area contributed by atoms with Crippen LogP contribution in [0.4, 0.5) is 11.4 Å². The molecule has 0 fully saturated rings. The van der Waals surface area contributed by atoms with Gasteiger partial charge < -0.3 is 10.6 Å². The summed E-state index contributed by atoms with van der Waals surface area (Å²) in [6.07, 6.45) is 0.312. The van der Waals surface area contributed by atoms with Crippen molar-refractivity contribution in [2.45, 2.75) is 13.3 Å². The van der Waals surface area contributed by atoms with Crippen molar-refractivity contribution in [2.24, 2.45) is 0 Å². The second kappa shape index (κ2) is 7.77. The Labute approximate surface area is 150 Å². The van der Waals surface area contributed by atoms with E-state index in [1.54, 1.807) is 12.1 Å². The van der Waals surface area contributed by atoms with Crippen LogP contribution in [-0.2, 0) is 11.2 Å². The fraction of sp³-hybridized carbons (Fsp3) is 0.100. The Hall–Kier alpha value is -2.92. The number of aryl methyl sites for hydroxylation is 1. The number of carbonyl (C=O) groups is 2. The second-order valence-corrected chi connectivity index (χ2v) is 6.62. The van der Waals surface area contributed by atoms with Crippen molar-refractivity contribution in [3.05, 3.63) is 82.0 Å². The first kappa shape index (κ1) is 16.9. The number of carbonyl (C=O) groups excluding carboxylic acids is 2.